The van der Waals surface area contributed by atoms with Crippen molar-refractivity contribution >= 4 is 11.8 Å². The first-order valence-electron chi connectivity index (χ1n) is 12.8. The number of nitrogens with one attached hydrogen (secondary N) is 2. The second kappa shape index (κ2) is 14.6. The van der Waals surface area contributed by atoms with Crippen molar-refractivity contribution in [1.82, 2.24) is 15.5 Å². The highest BCUT2D eigenvalue weighted by atomic mass is 16.5. The minimum atomic E-state index is -0.779. The fourth-order valence-corrected chi connectivity index (χ4v) is 3.96. The fourth-order valence-electron chi connectivity index (χ4n) is 3.96. The van der Waals surface area contributed by atoms with E-state index in [1.807, 2.05) is 50.2 Å². The molecule has 3 rings (SSSR count). The van der Waals surface area contributed by atoms with Gasteiger partial charge in [-0.05, 0) is 50.8 Å². The second-order valence-corrected chi connectivity index (χ2v) is 9.46. The van der Waals surface area contributed by atoms with Crippen LogP contribution in [-0.4, -0.2) is 66.9 Å². The van der Waals surface area contributed by atoms with Gasteiger partial charge in [0.1, 0.15) is 5.75 Å². The molecule has 1 atom stereocenters. The van der Waals surface area contributed by atoms with Crippen molar-refractivity contribution in [3.05, 3.63) is 65.2 Å². The van der Waals surface area contributed by atoms with Gasteiger partial charge in [0, 0.05) is 37.3 Å². The van der Waals surface area contributed by atoms with Gasteiger partial charge in [0.05, 0.1) is 32.0 Å². The third kappa shape index (κ3) is 9.60. The molecule has 0 saturated carbocycles. The zero-order chi connectivity index (χ0) is 25.8. The molecular weight excluding hydrogens is 458 g/mol. The lowest BCUT2D eigenvalue weighted by Gasteiger charge is -2.23. The van der Waals surface area contributed by atoms with Gasteiger partial charge in [0.2, 0.25) is 5.91 Å². The Labute approximate surface area is 214 Å². The summed E-state index contributed by atoms with van der Waals surface area (Å²) in [6.45, 7) is 6.64. The van der Waals surface area contributed by atoms with E-state index < -0.39 is 6.10 Å². The van der Waals surface area contributed by atoms with Crippen LogP contribution >= 0.6 is 0 Å². The molecule has 8 heteroatoms. The van der Waals surface area contributed by atoms with Crippen molar-refractivity contribution < 1.29 is 24.2 Å². The molecule has 196 valence electrons. The highest BCUT2D eigenvalue weighted by Gasteiger charge is 2.18. The highest BCUT2D eigenvalue weighted by molar-refractivity contribution is 5.94. The number of nitrogens with zero attached hydrogens (tertiary/aromatic N) is 1. The van der Waals surface area contributed by atoms with Crippen molar-refractivity contribution in [1.29, 1.82) is 0 Å². The standard InChI is InChI=1S/C28H39N3O5/c1-21(2)36-20-25(32)16-30-28(34)23-11-12-24-18-31(17-22-9-5-3-6-10-22)19-27(33)29-13-7-4-8-14-35-26(24)15-23/h3,5-6,9-12,15,21,25,32H,4,7-8,13-14,16-20H2,1-2H3,(H,29,33)(H,30,34). The Morgan fingerprint density at radius 3 is 2.72 bits per heavy atom. The van der Waals surface area contributed by atoms with Crippen LogP contribution in [0.2, 0.25) is 0 Å². The molecule has 1 aliphatic heterocycles. The summed E-state index contributed by atoms with van der Waals surface area (Å²) >= 11 is 0. The van der Waals surface area contributed by atoms with Gasteiger partial charge in [-0.2, -0.15) is 0 Å². The average Bonchev–Trinajstić information content (AvgIpc) is 2.87. The number of amides is 2. The summed E-state index contributed by atoms with van der Waals surface area (Å²) in [5.41, 5.74) is 2.50. The van der Waals surface area contributed by atoms with Crippen molar-refractivity contribution in [3.8, 4) is 5.75 Å². The van der Waals surface area contributed by atoms with Gasteiger partial charge < -0.3 is 25.2 Å². The number of hydrogen-bond donors (Lipinski definition) is 3. The molecule has 0 aromatic heterocycles. The van der Waals surface area contributed by atoms with Crippen LogP contribution in [0.5, 0.6) is 5.75 Å². The normalized spacial score (nSPS) is 16.5. The van der Waals surface area contributed by atoms with Gasteiger partial charge in [0.25, 0.3) is 5.91 Å². The predicted octanol–water partition coefficient (Wildman–Crippen LogP) is 2.88. The lowest BCUT2D eigenvalue weighted by Crippen LogP contribution is -2.37. The lowest BCUT2D eigenvalue weighted by molar-refractivity contribution is -0.122. The molecular formula is C28H39N3O5. The minimum absolute atomic E-state index is 0.00338. The predicted molar refractivity (Wildman–Crippen MR) is 139 cm³/mol. The average molecular weight is 498 g/mol. The number of ether oxygens (including phenoxy) is 2. The van der Waals surface area contributed by atoms with Crippen LogP contribution < -0.4 is 15.4 Å². The van der Waals surface area contributed by atoms with Crippen molar-refractivity contribution in [2.24, 2.45) is 0 Å². The van der Waals surface area contributed by atoms with Gasteiger partial charge in [-0.15, -0.1) is 0 Å². The van der Waals surface area contributed by atoms with E-state index in [9.17, 15) is 14.7 Å². The second-order valence-electron chi connectivity index (χ2n) is 9.46. The summed E-state index contributed by atoms with van der Waals surface area (Å²) in [6, 6.07) is 15.4. The zero-order valence-corrected chi connectivity index (χ0v) is 21.4. The van der Waals surface area contributed by atoms with E-state index in [2.05, 4.69) is 15.5 Å². The molecule has 0 spiro atoms. The minimum Gasteiger partial charge on any atom is -0.493 e. The number of carbonyl (C=O) groups is 2. The molecule has 1 heterocycles. The molecule has 0 aliphatic carbocycles. The molecule has 2 amide bonds. The molecule has 1 unspecified atom stereocenters. The summed E-state index contributed by atoms with van der Waals surface area (Å²) in [5, 5.41) is 15.8. The smallest absolute Gasteiger partial charge is 0.251 e. The Morgan fingerprint density at radius 2 is 1.94 bits per heavy atom. The molecule has 2 aromatic carbocycles. The van der Waals surface area contributed by atoms with Crippen LogP contribution in [0.1, 0.15) is 54.6 Å². The fraction of sp³-hybridized carbons (Fsp3) is 0.500. The summed E-state index contributed by atoms with van der Waals surface area (Å²) in [4.78, 5) is 27.4. The monoisotopic (exact) mass is 497 g/mol. The summed E-state index contributed by atoms with van der Waals surface area (Å²) in [7, 11) is 0. The summed E-state index contributed by atoms with van der Waals surface area (Å²) in [5.74, 6) is 0.362. The number of rotatable bonds is 8. The molecule has 1 aliphatic rings. The topological polar surface area (TPSA) is 100 Å². The Hall–Kier alpha value is -2.94. The van der Waals surface area contributed by atoms with Gasteiger partial charge >= 0.3 is 0 Å². The number of aliphatic hydroxyl groups is 1. The van der Waals surface area contributed by atoms with Gasteiger partial charge in [-0.1, -0.05) is 36.4 Å². The highest BCUT2D eigenvalue weighted by Crippen LogP contribution is 2.24. The number of aliphatic hydroxyl groups excluding tert-OH is 1. The van der Waals surface area contributed by atoms with E-state index in [-0.39, 0.29) is 37.6 Å². The molecule has 0 radical (unpaired) electrons. The number of fused-ring (bicyclic) bond motifs is 1. The first kappa shape index (κ1) is 27.6. The van der Waals surface area contributed by atoms with Crippen LogP contribution in [0.3, 0.4) is 0 Å². The van der Waals surface area contributed by atoms with Crippen molar-refractivity contribution in [3.63, 3.8) is 0 Å². The van der Waals surface area contributed by atoms with Crippen molar-refractivity contribution in [2.45, 2.75) is 58.4 Å². The van der Waals surface area contributed by atoms with E-state index in [1.54, 1.807) is 12.1 Å². The maximum absolute atomic E-state index is 12.8. The Kier molecular flexibility index (Phi) is 11.2. The van der Waals surface area contributed by atoms with Crippen LogP contribution in [-0.2, 0) is 22.6 Å². The summed E-state index contributed by atoms with van der Waals surface area (Å²) < 4.78 is 11.5. The van der Waals surface area contributed by atoms with Crippen LogP contribution in [0.4, 0.5) is 0 Å². The number of carbonyl (C=O) groups excluding carboxylic acids is 2. The molecule has 36 heavy (non-hydrogen) atoms. The van der Waals surface area contributed by atoms with E-state index in [1.165, 1.54) is 0 Å². The van der Waals surface area contributed by atoms with Crippen LogP contribution in [0, 0.1) is 0 Å². The lowest BCUT2D eigenvalue weighted by atomic mass is 10.1. The molecule has 0 bridgehead atoms. The third-order valence-corrected chi connectivity index (χ3v) is 5.86. The SMILES string of the molecule is CC(C)OCC(O)CNC(=O)c1ccc2c(c1)OCCCCCNC(=O)CN(Cc1ccccc1)C2. The van der Waals surface area contributed by atoms with Gasteiger partial charge in [-0.25, -0.2) is 0 Å². The quantitative estimate of drug-likeness (QED) is 0.519. The Balaban J connectivity index is 1.75. The van der Waals surface area contributed by atoms with E-state index in [0.717, 1.165) is 30.4 Å². The Bertz CT molecular complexity index is 967. The maximum atomic E-state index is 12.8. The van der Waals surface area contributed by atoms with E-state index >= 15 is 0 Å². The zero-order valence-electron chi connectivity index (χ0n) is 21.4. The summed E-state index contributed by atoms with van der Waals surface area (Å²) in [6.07, 6.45) is 1.94. The molecule has 8 nitrogen and oxygen atoms in total. The van der Waals surface area contributed by atoms with Gasteiger partial charge in [0.15, 0.2) is 0 Å². The molecule has 0 saturated heterocycles. The van der Waals surface area contributed by atoms with Crippen LogP contribution in [0.25, 0.3) is 0 Å². The number of benzene rings is 2. The van der Waals surface area contributed by atoms with Crippen molar-refractivity contribution in [2.75, 3.05) is 32.8 Å². The first-order chi connectivity index (χ1) is 17.4. The first-order valence-corrected chi connectivity index (χ1v) is 12.8. The van der Waals surface area contributed by atoms with E-state index in [4.69, 9.17) is 9.47 Å². The maximum Gasteiger partial charge on any atom is 0.251 e. The largest absolute Gasteiger partial charge is 0.493 e. The molecule has 2 aromatic rings. The molecule has 3 N–H and O–H groups in total. The Morgan fingerprint density at radius 1 is 1.14 bits per heavy atom. The van der Waals surface area contributed by atoms with E-state index in [0.29, 0.717) is 37.6 Å². The van der Waals surface area contributed by atoms with Gasteiger partial charge in [-0.3, -0.25) is 14.5 Å². The third-order valence-electron chi connectivity index (χ3n) is 5.86. The molecule has 0 fully saturated rings. The van der Waals surface area contributed by atoms with Crippen LogP contribution in [0.15, 0.2) is 48.5 Å². The number of hydrogen-bond acceptors (Lipinski definition) is 6.